The Morgan fingerprint density at radius 1 is 1.45 bits per heavy atom. The maximum atomic E-state index is 11.7. The van der Waals surface area contributed by atoms with Crippen molar-refractivity contribution in [3.05, 3.63) is 40.2 Å². The molecule has 2 rings (SSSR count). The number of aromatic nitrogens is 2. The molecule has 106 valence electrons. The van der Waals surface area contributed by atoms with Gasteiger partial charge in [0.25, 0.3) is 5.56 Å². The summed E-state index contributed by atoms with van der Waals surface area (Å²) in [5, 5.41) is 21.1. The number of benzene rings is 1. The maximum absolute atomic E-state index is 11.7. The first kappa shape index (κ1) is 13.7. The highest BCUT2D eigenvalue weighted by Crippen LogP contribution is 2.22. The Bertz CT molecular complexity index is 686. The van der Waals surface area contributed by atoms with Crippen LogP contribution in [0, 0.1) is 0 Å². The smallest absolute Gasteiger partial charge is 0.303 e. The lowest BCUT2D eigenvalue weighted by atomic mass is 10.2. The number of aliphatic carboxylic acids is 1. The lowest BCUT2D eigenvalue weighted by Crippen LogP contribution is -2.09. The SMILES string of the molecule is COc1cccc(-n2[nH]c(=O)c(CCC(=O)O)c2O)c1. The number of aromatic amines is 1. The van der Waals surface area contributed by atoms with E-state index in [1.165, 1.54) is 11.8 Å². The number of carboxylic acid groups (broad SMARTS) is 1. The monoisotopic (exact) mass is 278 g/mol. The summed E-state index contributed by atoms with van der Waals surface area (Å²) in [4.78, 5) is 22.3. The molecule has 0 bridgehead atoms. The lowest BCUT2D eigenvalue weighted by Gasteiger charge is -2.06. The van der Waals surface area contributed by atoms with E-state index in [-0.39, 0.29) is 24.3 Å². The fourth-order valence-electron chi connectivity index (χ4n) is 1.85. The first-order chi connectivity index (χ1) is 9.52. The van der Waals surface area contributed by atoms with Gasteiger partial charge in [-0.25, -0.2) is 4.68 Å². The third kappa shape index (κ3) is 2.66. The first-order valence-corrected chi connectivity index (χ1v) is 5.92. The molecule has 3 N–H and O–H groups in total. The summed E-state index contributed by atoms with van der Waals surface area (Å²) >= 11 is 0. The molecule has 0 spiro atoms. The standard InChI is InChI=1S/C13H14N2O5/c1-20-9-4-2-3-8(7-9)15-13(19)10(12(18)14-15)5-6-11(16)17/h2-4,7,19H,5-6H2,1H3,(H,14,18)(H,16,17). The van der Waals surface area contributed by atoms with Gasteiger partial charge >= 0.3 is 5.97 Å². The normalized spacial score (nSPS) is 10.4. The van der Waals surface area contributed by atoms with Crippen molar-refractivity contribution in [3.63, 3.8) is 0 Å². The van der Waals surface area contributed by atoms with Crippen LogP contribution in [0.25, 0.3) is 5.69 Å². The van der Waals surface area contributed by atoms with E-state index in [9.17, 15) is 14.7 Å². The van der Waals surface area contributed by atoms with Gasteiger partial charge in [0, 0.05) is 12.5 Å². The number of carboxylic acids is 1. The van der Waals surface area contributed by atoms with E-state index in [0.29, 0.717) is 11.4 Å². The van der Waals surface area contributed by atoms with Crippen molar-refractivity contribution >= 4 is 5.97 Å². The van der Waals surface area contributed by atoms with Gasteiger partial charge in [-0.05, 0) is 18.6 Å². The second kappa shape index (κ2) is 5.52. The van der Waals surface area contributed by atoms with Crippen molar-refractivity contribution in [1.29, 1.82) is 0 Å². The number of aromatic hydroxyl groups is 1. The fourth-order valence-corrected chi connectivity index (χ4v) is 1.85. The number of carbonyl (C=O) groups is 1. The lowest BCUT2D eigenvalue weighted by molar-refractivity contribution is -0.136. The molecule has 7 nitrogen and oxygen atoms in total. The van der Waals surface area contributed by atoms with Crippen LogP contribution in [-0.2, 0) is 11.2 Å². The number of H-pyrrole nitrogens is 1. The summed E-state index contributed by atoms with van der Waals surface area (Å²) in [5.41, 5.74) is 0.0577. The Morgan fingerprint density at radius 2 is 2.20 bits per heavy atom. The number of methoxy groups -OCH3 is 1. The number of ether oxygens (including phenoxy) is 1. The molecule has 0 saturated carbocycles. The van der Waals surface area contributed by atoms with E-state index in [4.69, 9.17) is 9.84 Å². The van der Waals surface area contributed by atoms with Crippen molar-refractivity contribution in [3.8, 4) is 17.3 Å². The minimum Gasteiger partial charge on any atom is -0.497 e. The third-order valence-electron chi connectivity index (χ3n) is 2.87. The molecule has 7 heteroatoms. The van der Waals surface area contributed by atoms with Crippen LogP contribution in [0.4, 0.5) is 0 Å². The molecular formula is C13H14N2O5. The molecule has 0 amide bonds. The topological polar surface area (TPSA) is 105 Å². The highest BCUT2D eigenvalue weighted by Gasteiger charge is 2.16. The van der Waals surface area contributed by atoms with Gasteiger partial charge in [-0.1, -0.05) is 6.07 Å². The number of hydrogen-bond acceptors (Lipinski definition) is 4. The largest absolute Gasteiger partial charge is 0.497 e. The minimum absolute atomic E-state index is 0.0343. The van der Waals surface area contributed by atoms with Crippen LogP contribution in [0.5, 0.6) is 11.6 Å². The van der Waals surface area contributed by atoms with Crippen LogP contribution in [0.3, 0.4) is 0 Å². The Hall–Kier alpha value is -2.70. The van der Waals surface area contributed by atoms with Crippen LogP contribution in [0.1, 0.15) is 12.0 Å². The Balaban J connectivity index is 2.40. The van der Waals surface area contributed by atoms with E-state index in [1.54, 1.807) is 24.3 Å². The molecule has 0 aliphatic rings. The highest BCUT2D eigenvalue weighted by molar-refractivity contribution is 5.67. The minimum atomic E-state index is -1.03. The summed E-state index contributed by atoms with van der Waals surface area (Å²) in [6.45, 7) is 0. The molecule has 0 fully saturated rings. The zero-order chi connectivity index (χ0) is 14.7. The molecule has 1 heterocycles. The second-order valence-electron chi connectivity index (χ2n) is 4.17. The predicted molar refractivity (Wildman–Crippen MR) is 70.6 cm³/mol. The molecule has 0 atom stereocenters. The summed E-state index contributed by atoms with van der Waals surface area (Å²) in [7, 11) is 1.51. The summed E-state index contributed by atoms with van der Waals surface area (Å²) < 4.78 is 6.26. The molecule has 20 heavy (non-hydrogen) atoms. The molecule has 0 saturated heterocycles. The van der Waals surface area contributed by atoms with Crippen LogP contribution in [-0.4, -0.2) is 33.1 Å². The zero-order valence-electron chi connectivity index (χ0n) is 10.8. The van der Waals surface area contributed by atoms with Gasteiger partial charge in [-0.15, -0.1) is 0 Å². The average Bonchev–Trinajstić information content (AvgIpc) is 2.72. The summed E-state index contributed by atoms with van der Waals surface area (Å²) in [5.74, 6) is -0.744. The van der Waals surface area contributed by atoms with E-state index < -0.39 is 11.5 Å². The van der Waals surface area contributed by atoms with Crippen LogP contribution in [0.2, 0.25) is 0 Å². The zero-order valence-corrected chi connectivity index (χ0v) is 10.8. The van der Waals surface area contributed by atoms with Crippen molar-refractivity contribution in [2.75, 3.05) is 7.11 Å². The van der Waals surface area contributed by atoms with Crippen LogP contribution >= 0.6 is 0 Å². The highest BCUT2D eigenvalue weighted by atomic mass is 16.5. The fraction of sp³-hybridized carbons (Fsp3) is 0.231. The van der Waals surface area contributed by atoms with Crippen molar-refractivity contribution in [2.45, 2.75) is 12.8 Å². The first-order valence-electron chi connectivity index (χ1n) is 5.92. The Labute approximate surface area is 114 Å². The Morgan fingerprint density at radius 3 is 2.85 bits per heavy atom. The van der Waals surface area contributed by atoms with Gasteiger partial charge in [-0.2, -0.15) is 0 Å². The van der Waals surface area contributed by atoms with E-state index in [0.717, 1.165) is 0 Å². The molecule has 1 aromatic heterocycles. The summed E-state index contributed by atoms with van der Waals surface area (Å²) in [6, 6.07) is 6.76. The van der Waals surface area contributed by atoms with Crippen LogP contribution < -0.4 is 10.3 Å². The number of rotatable bonds is 5. The van der Waals surface area contributed by atoms with Crippen molar-refractivity contribution in [2.24, 2.45) is 0 Å². The van der Waals surface area contributed by atoms with Gasteiger partial charge in [0.1, 0.15) is 5.75 Å². The molecule has 0 unspecified atom stereocenters. The van der Waals surface area contributed by atoms with E-state index >= 15 is 0 Å². The quantitative estimate of drug-likeness (QED) is 0.753. The average molecular weight is 278 g/mol. The van der Waals surface area contributed by atoms with Crippen molar-refractivity contribution < 1.29 is 19.7 Å². The molecule has 2 aromatic rings. The predicted octanol–water partition coefficient (Wildman–Crippen LogP) is 0.897. The number of hydrogen-bond donors (Lipinski definition) is 3. The van der Waals surface area contributed by atoms with Gasteiger partial charge in [0.15, 0.2) is 0 Å². The van der Waals surface area contributed by atoms with Crippen molar-refractivity contribution in [1.82, 2.24) is 9.78 Å². The van der Waals surface area contributed by atoms with Gasteiger partial charge in [0.2, 0.25) is 5.88 Å². The third-order valence-corrected chi connectivity index (χ3v) is 2.87. The Kier molecular flexibility index (Phi) is 3.79. The van der Waals surface area contributed by atoms with Gasteiger partial charge in [-0.3, -0.25) is 14.7 Å². The molecule has 0 aliphatic heterocycles. The van der Waals surface area contributed by atoms with E-state index in [1.807, 2.05) is 0 Å². The number of nitrogens with zero attached hydrogens (tertiary/aromatic N) is 1. The second-order valence-corrected chi connectivity index (χ2v) is 4.17. The number of nitrogens with one attached hydrogen (secondary N) is 1. The van der Waals surface area contributed by atoms with Crippen LogP contribution in [0.15, 0.2) is 29.1 Å². The van der Waals surface area contributed by atoms with Gasteiger partial charge < -0.3 is 14.9 Å². The molecule has 0 radical (unpaired) electrons. The maximum Gasteiger partial charge on any atom is 0.303 e. The van der Waals surface area contributed by atoms with Gasteiger partial charge in [0.05, 0.1) is 18.4 Å². The van der Waals surface area contributed by atoms with E-state index in [2.05, 4.69) is 5.10 Å². The molecule has 1 aromatic carbocycles. The molecule has 0 aliphatic carbocycles. The summed E-state index contributed by atoms with van der Waals surface area (Å²) in [6.07, 6.45) is -0.258. The molecular weight excluding hydrogens is 264 g/mol.